The second-order valence-electron chi connectivity index (χ2n) is 30.9. The van der Waals surface area contributed by atoms with Crippen LogP contribution in [0.15, 0.2) is 173 Å². The van der Waals surface area contributed by atoms with Gasteiger partial charge in [0.25, 0.3) is 0 Å². The third-order valence-electron chi connectivity index (χ3n) is 21.8. The molecule has 0 aromatic carbocycles. The number of aliphatic hydroxyl groups is 4. The van der Waals surface area contributed by atoms with Gasteiger partial charge in [-0.1, -0.05) is 55.4 Å². The molecule has 121 heavy (non-hydrogen) atoms. The minimum Gasteiger partial charge on any atom is -0.395 e. The van der Waals surface area contributed by atoms with E-state index in [4.69, 9.17) is 30.8 Å². The number of aliphatic hydroxyl groups excluding tert-OH is 4. The fourth-order valence-corrected chi connectivity index (χ4v) is 14.9. The third kappa shape index (κ3) is 20.5. The van der Waals surface area contributed by atoms with Crippen LogP contribution in [0.2, 0.25) is 0 Å². The van der Waals surface area contributed by atoms with Gasteiger partial charge in [0.15, 0.2) is 0 Å². The Morgan fingerprint density at radius 2 is 0.628 bits per heavy atom. The van der Waals surface area contributed by atoms with E-state index in [1.54, 1.807) is 63.6 Å². The minimum absolute atomic E-state index is 0.000724. The Kier molecular flexibility index (Phi) is 28.8. The average molecular weight is 1650 g/mol. The second kappa shape index (κ2) is 40.3. The normalized spacial score (nSPS) is 12.9. The van der Waals surface area contributed by atoms with Crippen molar-refractivity contribution in [2.45, 2.75) is 181 Å². The molecule has 0 aliphatic rings. The number of fused-ring (bicyclic) bond motifs is 4. The molecule has 36 nitrogen and oxygen atoms in total. The molecule has 0 aliphatic carbocycles. The zero-order valence-electron chi connectivity index (χ0n) is 71.4. The van der Waals surface area contributed by atoms with E-state index in [0.717, 1.165) is 163 Å². The van der Waals surface area contributed by atoms with Gasteiger partial charge in [-0.05, 0) is 111 Å². The number of nitrogens with zero attached hydrogens (tertiary/aromatic N) is 30. The molecule has 0 spiro atoms. The highest BCUT2D eigenvalue weighted by Crippen LogP contribution is 2.34. The molecular formula is C85H114N32O4. The number of nitrogens with two attached hydrogens (primary N) is 1. The summed E-state index contributed by atoms with van der Waals surface area (Å²) >= 11 is 0. The van der Waals surface area contributed by atoms with E-state index in [1.807, 2.05) is 185 Å². The highest BCUT2D eigenvalue weighted by atomic mass is 16.3. The van der Waals surface area contributed by atoms with Crippen molar-refractivity contribution in [2.75, 3.05) is 61.5 Å². The van der Waals surface area contributed by atoms with Crippen molar-refractivity contribution in [3.8, 4) is 90.1 Å². The quantitative estimate of drug-likeness (QED) is 0.0215. The lowest BCUT2D eigenvalue weighted by atomic mass is 10.1. The van der Waals surface area contributed by atoms with Gasteiger partial charge in [0.2, 0.25) is 0 Å². The van der Waals surface area contributed by atoms with Gasteiger partial charge in [-0.15, -0.1) is 0 Å². The first kappa shape index (κ1) is 86.7. The van der Waals surface area contributed by atoms with Crippen LogP contribution in [0.25, 0.3) is 112 Å². The van der Waals surface area contributed by atoms with Gasteiger partial charge in [-0.3, -0.25) is 37.5 Å². The second-order valence-corrected chi connectivity index (χ2v) is 30.9. The van der Waals surface area contributed by atoms with E-state index in [0.29, 0.717) is 63.4 Å². The summed E-state index contributed by atoms with van der Waals surface area (Å²) in [5, 5.41) is 95.6. The maximum Gasteiger partial charge on any atom is 0.0999 e. The molecule has 7 N–H and O–H groups in total. The lowest BCUT2D eigenvalue weighted by molar-refractivity contribution is 0.116. The van der Waals surface area contributed by atoms with E-state index in [-0.39, 0.29) is 25.3 Å². The molecule has 0 saturated heterocycles. The number of rotatable bonds is 35. The lowest BCUT2D eigenvalue weighted by Gasteiger charge is -2.21. The molecule has 0 radical (unpaired) electrons. The van der Waals surface area contributed by atoms with Crippen LogP contribution in [0.3, 0.4) is 0 Å². The lowest BCUT2D eigenvalue weighted by Crippen LogP contribution is -2.35. The molecule has 16 rings (SSSR count). The fraction of sp³-hybridized carbons (Fsp3) is 0.435. The smallest absolute Gasteiger partial charge is 0.0999 e. The molecule has 16 aromatic rings. The largest absolute Gasteiger partial charge is 0.395 e. The maximum absolute atomic E-state index is 10.2. The molecule has 36 heteroatoms. The van der Waals surface area contributed by atoms with Crippen molar-refractivity contribution in [3.05, 3.63) is 173 Å². The predicted molar refractivity (Wildman–Crippen MR) is 464 cm³/mol. The van der Waals surface area contributed by atoms with E-state index < -0.39 is 12.2 Å². The maximum atomic E-state index is 10.2. The van der Waals surface area contributed by atoms with E-state index in [9.17, 15) is 15.3 Å². The summed E-state index contributed by atoms with van der Waals surface area (Å²) in [6, 6.07) is 9.00. The van der Waals surface area contributed by atoms with Gasteiger partial charge in [0.05, 0.1) is 249 Å². The molecule has 0 saturated carbocycles. The number of aromatic nitrogens is 28. The zero-order valence-corrected chi connectivity index (χ0v) is 71.4. The molecule has 638 valence electrons. The van der Waals surface area contributed by atoms with Crippen LogP contribution >= 0.6 is 0 Å². The average Bonchev–Trinajstić information content (AvgIpc) is 1.67. The molecular weight excluding hydrogens is 1530 g/mol. The molecule has 16 heterocycles. The van der Waals surface area contributed by atoms with Crippen LogP contribution in [0.4, 0.5) is 0 Å². The van der Waals surface area contributed by atoms with Crippen molar-refractivity contribution in [1.82, 2.24) is 152 Å². The summed E-state index contributed by atoms with van der Waals surface area (Å²) in [4.78, 5) is 23.7. The molecule has 16 aromatic heterocycles. The van der Waals surface area contributed by atoms with E-state index in [2.05, 4.69) is 147 Å². The fourth-order valence-electron chi connectivity index (χ4n) is 14.9. The van der Waals surface area contributed by atoms with Crippen LogP contribution in [-0.2, 0) is 26.2 Å². The molecule has 0 aliphatic heterocycles. The van der Waals surface area contributed by atoms with Crippen LogP contribution in [0.1, 0.15) is 131 Å². The molecule has 0 fully saturated rings. The topological polar surface area (TPSA) is 389 Å². The summed E-state index contributed by atoms with van der Waals surface area (Å²) < 4.78 is 22.5. The number of hydrogen-bond donors (Lipinski definition) is 6. The van der Waals surface area contributed by atoms with E-state index in [1.165, 1.54) is 0 Å². The first-order chi connectivity index (χ1) is 58.8. The highest BCUT2D eigenvalue weighted by Gasteiger charge is 2.24. The summed E-state index contributed by atoms with van der Waals surface area (Å²) in [5.74, 6) is 0. The summed E-state index contributed by atoms with van der Waals surface area (Å²) in [5.41, 5.74) is 23.4. The Labute approximate surface area is 702 Å². The number of hydrogen-bond acceptors (Lipinski definition) is 24. The van der Waals surface area contributed by atoms with Crippen LogP contribution in [0.5, 0.6) is 0 Å². The Hall–Kier alpha value is -12.2. The van der Waals surface area contributed by atoms with Gasteiger partial charge in [0.1, 0.15) is 0 Å². The summed E-state index contributed by atoms with van der Waals surface area (Å²) in [7, 11) is 9.59. The summed E-state index contributed by atoms with van der Waals surface area (Å²) in [6.07, 6.45) is 52.5. The van der Waals surface area contributed by atoms with Gasteiger partial charge in [-0.25, -0.2) is 38.0 Å². The number of nitrogens with one attached hydrogen (secondary N) is 1. The van der Waals surface area contributed by atoms with E-state index >= 15 is 0 Å². The Balaban J connectivity index is 0.000000139. The monoisotopic (exact) mass is 1650 g/mol. The van der Waals surface area contributed by atoms with Crippen molar-refractivity contribution < 1.29 is 20.4 Å². The van der Waals surface area contributed by atoms with Crippen molar-refractivity contribution in [2.24, 2.45) is 5.73 Å². The van der Waals surface area contributed by atoms with Crippen LogP contribution in [0, 0.1) is 0 Å². The molecule has 0 amide bonds. The Morgan fingerprint density at radius 3 is 0.893 bits per heavy atom. The first-order valence-electron chi connectivity index (χ1n) is 41.7. The number of likely N-dealkylation sites (N-methyl/N-ethyl adjacent to an activating group) is 3. The van der Waals surface area contributed by atoms with Gasteiger partial charge < -0.3 is 41.3 Å². The molecule has 0 unspecified atom stereocenters. The van der Waals surface area contributed by atoms with Gasteiger partial charge in [0, 0.05) is 113 Å². The zero-order chi connectivity index (χ0) is 85.4. The van der Waals surface area contributed by atoms with Crippen molar-refractivity contribution >= 4 is 22.1 Å². The minimum atomic E-state index is -0.504. The van der Waals surface area contributed by atoms with Gasteiger partial charge in [-0.2, -0.15) is 61.2 Å². The summed E-state index contributed by atoms with van der Waals surface area (Å²) in [6.45, 7) is 20.4. The first-order valence-corrected chi connectivity index (χ1v) is 41.7. The predicted octanol–water partition coefficient (Wildman–Crippen LogP) is 10.0. The van der Waals surface area contributed by atoms with Crippen LogP contribution < -0.4 is 11.1 Å². The molecule has 4 atom stereocenters. The Morgan fingerprint density at radius 1 is 0.347 bits per heavy atom. The highest BCUT2D eigenvalue weighted by molar-refractivity contribution is 5.81. The SMILES string of the molecule is CCC(CC)n1cc(-c2nc(-c3cnn(C[C@@H](CO)N(C)C)c3)cn3nccc23)cn1.CCC(CC)n1cc(-c2nc(-c3cnn(C[C@@H](N)CO)c3)cn3nccc23)cn1.CCC(CC)n1cc(-c2nc(-c3cnn(C[C@@H](O)CN(C)C)c3)cn3nccc23)cn1.CCC(CC)n1cc(-c2nc(-c3cnn(C[C@@H](O)CNC)c3)cn3nccc23)cn1. The molecule has 0 bridgehead atoms. The van der Waals surface area contributed by atoms with Gasteiger partial charge >= 0.3 is 0 Å². The van der Waals surface area contributed by atoms with Crippen LogP contribution in [-0.4, -0.2) is 253 Å². The standard InChI is InChI=1S/2C22H30N8O.C21H28N8O.C20H26N8O/c1-5-18(6-2)29-12-17(10-25-29)22-21-7-8-23-30(21)14-20(26-22)16-9-24-28(11-16)13-19(15-31)27(3)4;1-5-18(6-2)29-12-17(10-25-29)22-21-7-8-23-30(21)15-20(26-22)16-9-24-28(11-16)14-19(31)13-27(3)4;1-4-17(5-2)28-12-16(9-25-28)21-20-6-7-23-29(20)14-19(26-21)15-8-24-27(11-15)13-18(30)10-22-3;1-3-17(4-2)27-10-15(8-24-27)20-19-5-6-22-28(19)12-18(25-20)14-7-23-26(9-14)11-16(21)13-29/h7-12,14,18-19,31H,5-6,13,15H2,1-4H3;7-12,15,18-19,31H,5-6,13-14H2,1-4H3;6-9,11-12,14,17-18,22,30H,4-5,10,13H2,1-3H3;5-10,12,16-17,29H,3-4,11,13,21H2,1-2H3/t2*19-;18-;16-/m0001/s1. The Bertz CT molecular complexity index is 5900. The van der Waals surface area contributed by atoms with Crippen molar-refractivity contribution in [1.29, 1.82) is 0 Å². The third-order valence-corrected chi connectivity index (χ3v) is 21.8. The van der Waals surface area contributed by atoms with Crippen molar-refractivity contribution in [3.63, 3.8) is 0 Å².